The van der Waals surface area contributed by atoms with Crippen LogP contribution in [0.3, 0.4) is 0 Å². The number of hydrogen-bond donors (Lipinski definition) is 0. The fourth-order valence-electron chi connectivity index (χ4n) is 2.54. The van der Waals surface area contributed by atoms with Crippen molar-refractivity contribution in [1.29, 1.82) is 0 Å². The molecule has 0 fully saturated rings. The zero-order valence-corrected chi connectivity index (χ0v) is 11.0. The summed E-state index contributed by atoms with van der Waals surface area (Å²) in [4.78, 5) is 0. The Balaban J connectivity index is 2.34. The molecule has 2 rings (SSSR count). The first-order chi connectivity index (χ1) is 6.81. The van der Waals surface area contributed by atoms with E-state index >= 15 is 0 Å². The van der Waals surface area contributed by atoms with E-state index in [2.05, 4.69) is 54.6 Å². The summed E-state index contributed by atoms with van der Waals surface area (Å²) in [7, 11) is 0. The molecule has 0 heterocycles. The quantitative estimate of drug-likeness (QED) is 0.577. The highest BCUT2D eigenvalue weighted by molar-refractivity contribution is 14.1. The van der Waals surface area contributed by atoms with Crippen molar-refractivity contribution in [3.8, 4) is 0 Å². The van der Waals surface area contributed by atoms with Crippen LogP contribution in [0.1, 0.15) is 48.8 Å². The maximum atomic E-state index is 2.52. The number of aryl methyl sites for hydroxylation is 1. The van der Waals surface area contributed by atoms with E-state index in [1.165, 1.54) is 22.8 Å². The molecule has 76 valence electrons. The standard InChI is InChI=1S/C13H17I/c1-3-9-5-6-11-12(7-9)10(4-2)13(11)8-14/h5-7,10,13H,3-4,8H2,1-2H3. The fourth-order valence-corrected chi connectivity index (χ4v) is 3.62. The lowest BCUT2D eigenvalue weighted by Crippen LogP contribution is -2.25. The Bertz CT molecular complexity index is 330. The Morgan fingerprint density at radius 3 is 2.50 bits per heavy atom. The highest BCUT2D eigenvalue weighted by Crippen LogP contribution is 2.49. The van der Waals surface area contributed by atoms with Gasteiger partial charge in [0.25, 0.3) is 0 Å². The van der Waals surface area contributed by atoms with Gasteiger partial charge in [0.2, 0.25) is 0 Å². The van der Waals surface area contributed by atoms with Gasteiger partial charge in [0.15, 0.2) is 0 Å². The second-order valence-corrected chi connectivity index (χ2v) is 4.97. The molecule has 0 N–H and O–H groups in total. The van der Waals surface area contributed by atoms with Gasteiger partial charge in [-0.2, -0.15) is 0 Å². The van der Waals surface area contributed by atoms with E-state index in [0.29, 0.717) is 0 Å². The highest BCUT2D eigenvalue weighted by Gasteiger charge is 2.34. The molecular formula is C13H17I. The van der Waals surface area contributed by atoms with E-state index in [-0.39, 0.29) is 0 Å². The minimum absolute atomic E-state index is 0.835. The molecule has 0 aliphatic heterocycles. The lowest BCUT2D eigenvalue weighted by atomic mass is 9.67. The van der Waals surface area contributed by atoms with Gasteiger partial charge in [0, 0.05) is 4.43 Å². The van der Waals surface area contributed by atoms with Crippen molar-refractivity contribution < 1.29 is 0 Å². The second-order valence-electron chi connectivity index (χ2n) is 4.09. The van der Waals surface area contributed by atoms with Gasteiger partial charge in [-0.25, -0.2) is 0 Å². The summed E-state index contributed by atoms with van der Waals surface area (Å²) >= 11 is 2.52. The number of hydrogen-bond acceptors (Lipinski definition) is 0. The topological polar surface area (TPSA) is 0 Å². The molecule has 1 aromatic carbocycles. The van der Waals surface area contributed by atoms with Crippen molar-refractivity contribution in [2.45, 2.75) is 38.5 Å². The summed E-state index contributed by atoms with van der Waals surface area (Å²) in [5.41, 5.74) is 4.74. The zero-order chi connectivity index (χ0) is 10.1. The van der Waals surface area contributed by atoms with Crippen LogP contribution in [0.4, 0.5) is 0 Å². The summed E-state index contributed by atoms with van der Waals surface area (Å²) in [6, 6.07) is 7.07. The van der Waals surface area contributed by atoms with E-state index in [0.717, 1.165) is 11.8 Å². The lowest BCUT2D eigenvalue weighted by molar-refractivity contribution is 0.498. The van der Waals surface area contributed by atoms with Crippen molar-refractivity contribution >= 4 is 22.6 Å². The highest BCUT2D eigenvalue weighted by atomic mass is 127. The SMILES string of the molecule is CCc1ccc2c(c1)C(CC)C2CI. The first-order valence-corrected chi connectivity index (χ1v) is 7.03. The maximum Gasteiger partial charge on any atom is 0.00702 e. The number of alkyl halides is 1. The third-order valence-corrected chi connectivity index (χ3v) is 4.40. The lowest BCUT2D eigenvalue weighted by Gasteiger charge is -2.38. The van der Waals surface area contributed by atoms with Crippen molar-refractivity contribution in [2.75, 3.05) is 4.43 Å². The first-order valence-electron chi connectivity index (χ1n) is 5.50. The molecule has 14 heavy (non-hydrogen) atoms. The molecule has 0 nitrogen and oxygen atoms in total. The Hall–Kier alpha value is -0.0500. The van der Waals surface area contributed by atoms with Gasteiger partial charge in [-0.05, 0) is 41.4 Å². The average molecular weight is 300 g/mol. The van der Waals surface area contributed by atoms with Gasteiger partial charge in [0.1, 0.15) is 0 Å². The van der Waals surface area contributed by atoms with Crippen LogP contribution in [0.15, 0.2) is 18.2 Å². The molecule has 0 radical (unpaired) electrons. The summed E-state index contributed by atoms with van der Waals surface area (Å²) in [6.07, 6.45) is 2.46. The summed E-state index contributed by atoms with van der Waals surface area (Å²) in [5, 5.41) is 0. The van der Waals surface area contributed by atoms with Crippen LogP contribution in [-0.4, -0.2) is 4.43 Å². The number of fused-ring (bicyclic) bond motifs is 1. The molecule has 0 bridgehead atoms. The summed E-state index contributed by atoms with van der Waals surface area (Å²) < 4.78 is 1.27. The third kappa shape index (κ3) is 1.50. The Morgan fingerprint density at radius 1 is 1.14 bits per heavy atom. The van der Waals surface area contributed by atoms with Gasteiger partial charge >= 0.3 is 0 Å². The van der Waals surface area contributed by atoms with Crippen LogP contribution in [0.2, 0.25) is 0 Å². The molecule has 0 spiro atoms. The van der Waals surface area contributed by atoms with Crippen molar-refractivity contribution in [3.63, 3.8) is 0 Å². The van der Waals surface area contributed by atoms with Crippen LogP contribution in [0.5, 0.6) is 0 Å². The van der Waals surface area contributed by atoms with Crippen molar-refractivity contribution in [3.05, 3.63) is 34.9 Å². The molecule has 0 saturated carbocycles. The average Bonchev–Trinajstić information content (AvgIpc) is 2.21. The van der Waals surface area contributed by atoms with Gasteiger partial charge in [-0.3, -0.25) is 0 Å². The van der Waals surface area contributed by atoms with Crippen LogP contribution in [0, 0.1) is 0 Å². The normalized spacial score (nSPS) is 24.2. The fraction of sp³-hybridized carbons (Fsp3) is 0.538. The van der Waals surface area contributed by atoms with Gasteiger partial charge in [-0.1, -0.05) is 54.6 Å². The summed E-state index contributed by atoms with van der Waals surface area (Å²) in [5.74, 6) is 1.68. The molecule has 0 saturated heterocycles. The number of halogens is 1. The van der Waals surface area contributed by atoms with Gasteiger partial charge in [-0.15, -0.1) is 0 Å². The van der Waals surface area contributed by atoms with E-state index in [1.54, 1.807) is 11.1 Å². The zero-order valence-electron chi connectivity index (χ0n) is 8.89. The van der Waals surface area contributed by atoms with E-state index in [1.807, 2.05) is 0 Å². The predicted molar refractivity (Wildman–Crippen MR) is 70.5 cm³/mol. The Kier molecular flexibility index (Phi) is 3.15. The smallest absolute Gasteiger partial charge is 0.00702 e. The molecular weight excluding hydrogens is 283 g/mol. The van der Waals surface area contributed by atoms with E-state index in [9.17, 15) is 0 Å². The molecule has 1 aromatic rings. The summed E-state index contributed by atoms with van der Waals surface area (Å²) in [6.45, 7) is 4.54. The van der Waals surface area contributed by atoms with Crippen LogP contribution in [0.25, 0.3) is 0 Å². The number of benzene rings is 1. The minimum atomic E-state index is 0.835. The monoisotopic (exact) mass is 300 g/mol. The predicted octanol–water partition coefficient (Wildman–Crippen LogP) is 4.27. The molecule has 0 aromatic heterocycles. The van der Waals surface area contributed by atoms with Gasteiger partial charge in [0.05, 0.1) is 0 Å². The third-order valence-electron chi connectivity index (χ3n) is 3.45. The Morgan fingerprint density at radius 2 is 1.93 bits per heavy atom. The van der Waals surface area contributed by atoms with E-state index < -0.39 is 0 Å². The Labute approximate surface area is 100 Å². The van der Waals surface area contributed by atoms with Crippen LogP contribution in [-0.2, 0) is 6.42 Å². The van der Waals surface area contributed by atoms with Crippen LogP contribution < -0.4 is 0 Å². The van der Waals surface area contributed by atoms with Crippen LogP contribution >= 0.6 is 22.6 Å². The molecule has 1 heteroatoms. The van der Waals surface area contributed by atoms with Crippen molar-refractivity contribution in [1.82, 2.24) is 0 Å². The first kappa shape index (κ1) is 10.5. The van der Waals surface area contributed by atoms with E-state index in [4.69, 9.17) is 0 Å². The molecule has 1 aliphatic carbocycles. The van der Waals surface area contributed by atoms with Gasteiger partial charge < -0.3 is 0 Å². The molecule has 0 amide bonds. The largest absolute Gasteiger partial charge is 0.0857 e. The maximum absolute atomic E-state index is 2.52. The molecule has 2 atom stereocenters. The second kappa shape index (κ2) is 4.21. The molecule has 1 aliphatic rings. The minimum Gasteiger partial charge on any atom is -0.0857 e. The number of rotatable bonds is 3. The molecule has 2 unspecified atom stereocenters. The van der Waals surface area contributed by atoms with Crippen molar-refractivity contribution in [2.24, 2.45) is 0 Å².